The molecule has 4 amide bonds. The van der Waals surface area contributed by atoms with E-state index in [9.17, 15) is 28.7 Å². The van der Waals surface area contributed by atoms with Crippen LogP contribution >= 0.6 is 11.6 Å². The highest BCUT2D eigenvalue weighted by Crippen LogP contribution is 2.65. The molecule has 4 aliphatic rings. The topological polar surface area (TPSA) is 125 Å². The molecule has 0 radical (unpaired) electrons. The van der Waals surface area contributed by atoms with E-state index in [4.69, 9.17) is 21.1 Å². The zero-order chi connectivity index (χ0) is 37.3. The van der Waals surface area contributed by atoms with Gasteiger partial charge in [-0.15, -0.1) is 0 Å². The highest BCUT2D eigenvalue weighted by atomic mass is 35.5. The Hall–Kier alpha value is -5.68. The number of halogens is 2. The summed E-state index contributed by atoms with van der Waals surface area (Å²) in [6.45, 7) is 1.68. The number of allylic oxidation sites excluding steroid dienone is 2. The van der Waals surface area contributed by atoms with Crippen LogP contribution in [0.2, 0.25) is 5.02 Å². The fraction of sp³-hybridized carbons (Fsp3) is 0.268. The number of methoxy groups -OCH3 is 2. The van der Waals surface area contributed by atoms with Crippen LogP contribution in [0.25, 0.3) is 0 Å². The molecule has 2 heterocycles. The number of aromatic hydroxyl groups is 1. The lowest BCUT2D eigenvalue weighted by atomic mass is 9.51. The van der Waals surface area contributed by atoms with Gasteiger partial charge in [0, 0.05) is 35.0 Å². The standard InChI is InChI=1S/C41H35ClFN3O7/c1-41-29(38(49)46(40(41)51)24-13-16-31(43)30(42)17-24)20-28-26(36(41)35-32(47)18-25(52-2)19-33(35)53-3)14-15-27-34(28)39(50)45(37(27)48)23-11-9-22(10-12-23)44-21-7-5-4-6-8-21/h4-14,16-19,27-29,34,36,44,47H,15,20H2,1-3H3/t27-,28+,29-,34-,36+,41+/m0/s1. The molecule has 6 atom stereocenters. The molecule has 12 heteroatoms. The molecule has 0 bridgehead atoms. The van der Waals surface area contributed by atoms with Crippen molar-refractivity contribution in [1.82, 2.24) is 0 Å². The van der Waals surface area contributed by atoms with Gasteiger partial charge in [-0.3, -0.25) is 24.1 Å². The molecule has 10 nitrogen and oxygen atoms in total. The molecule has 0 unspecified atom stereocenters. The van der Waals surface area contributed by atoms with E-state index in [2.05, 4.69) is 5.32 Å². The molecule has 2 aliphatic carbocycles. The summed E-state index contributed by atoms with van der Waals surface area (Å²) in [6.07, 6.45) is 2.18. The molecule has 1 saturated carbocycles. The smallest absolute Gasteiger partial charge is 0.241 e. The van der Waals surface area contributed by atoms with Crippen molar-refractivity contribution in [2.24, 2.45) is 29.1 Å². The van der Waals surface area contributed by atoms with Crippen LogP contribution in [0.5, 0.6) is 17.2 Å². The number of carbonyl (C=O) groups excluding carboxylic acids is 4. The minimum absolute atomic E-state index is 0.0853. The summed E-state index contributed by atoms with van der Waals surface area (Å²) in [5, 5.41) is 14.7. The Labute approximate surface area is 309 Å². The molecule has 2 saturated heterocycles. The zero-order valence-corrected chi connectivity index (χ0v) is 29.8. The molecular formula is C41H35ClFN3O7. The molecule has 0 aromatic heterocycles. The largest absolute Gasteiger partial charge is 0.507 e. The third kappa shape index (κ3) is 5.20. The Morgan fingerprint density at radius 3 is 2.21 bits per heavy atom. The Kier molecular flexibility index (Phi) is 8.29. The lowest BCUT2D eigenvalue weighted by Crippen LogP contribution is -2.49. The number of imide groups is 2. The number of nitrogens with one attached hydrogen (secondary N) is 1. The summed E-state index contributed by atoms with van der Waals surface area (Å²) in [5.74, 6) is -6.38. The van der Waals surface area contributed by atoms with E-state index >= 15 is 0 Å². The van der Waals surface area contributed by atoms with Gasteiger partial charge in [-0.1, -0.05) is 41.4 Å². The fourth-order valence-corrected chi connectivity index (χ4v) is 9.17. The average molecular weight is 736 g/mol. The summed E-state index contributed by atoms with van der Waals surface area (Å²) in [4.78, 5) is 60.1. The number of benzene rings is 4. The van der Waals surface area contributed by atoms with Crippen molar-refractivity contribution < 1.29 is 38.1 Å². The van der Waals surface area contributed by atoms with E-state index in [1.54, 1.807) is 37.3 Å². The lowest BCUT2D eigenvalue weighted by Gasteiger charge is -2.49. The van der Waals surface area contributed by atoms with E-state index in [-0.39, 0.29) is 46.5 Å². The van der Waals surface area contributed by atoms with Gasteiger partial charge in [0.05, 0.1) is 53.8 Å². The van der Waals surface area contributed by atoms with Crippen LogP contribution in [-0.2, 0) is 19.2 Å². The van der Waals surface area contributed by atoms with Gasteiger partial charge < -0.3 is 19.9 Å². The number of amides is 4. The van der Waals surface area contributed by atoms with Crippen LogP contribution in [0.1, 0.15) is 31.2 Å². The molecule has 2 N–H and O–H groups in total. The van der Waals surface area contributed by atoms with Gasteiger partial charge in [0.15, 0.2) is 0 Å². The number of phenols is 1. The van der Waals surface area contributed by atoms with Crippen molar-refractivity contribution in [2.75, 3.05) is 29.3 Å². The molecular weight excluding hydrogens is 701 g/mol. The van der Waals surface area contributed by atoms with Gasteiger partial charge in [-0.2, -0.15) is 0 Å². The third-order valence-electron chi connectivity index (χ3n) is 11.5. The Morgan fingerprint density at radius 2 is 1.53 bits per heavy atom. The normalized spacial score (nSPS) is 26.2. The first-order chi connectivity index (χ1) is 25.5. The van der Waals surface area contributed by atoms with Crippen molar-refractivity contribution in [2.45, 2.75) is 25.7 Å². The monoisotopic (exact) mass is 735 g/mol. The highest BCUT2D eigenvalue weighted by molar-refractivity contribution is 6.32. The van der Waals surface area contributed by atoms with Gasteiger partial charge in [0.2, 0.25) is 23.6 Å². The summed E-state index contributed by atoms with van der Waals surface area (Å²) in [5.41, 5.74) is 1.62. The molecule has 4 aromatic rings. The van der Waals surface area contributed by atoms with Gasteiger partial charge in [-0.05, 0) is 80.3 Å². The second-order valence-electron chi connectivity index (χ2n) is 14.1. The van der Waals surface area contributed by atoms with E-state index in [1.807, 2.05) is 36.4 Å². The summed E-state index contributed by atoms with van der Waals surface area (Å²) < 4.78 is 25.4. The van der Waals surface area contributed by atoms with Crippen molar-refractivity contribution in [3.63, 3.8) is 0 Å². The zero-order valence-electron chi connectivity index (χ0n) is 29.0. The molecule has 4 aromatic carbocycles. The predicted octanol–water partition coefficient (Wildman–Crippen LogP) is 7.38. The van der Waals surface area contributed by atoms with Gasteiger partial charge >= 0.3 is 0 Å². The maximum atomic E-state index is 14.7. The number of para-hydroxylation sites is 1. The van der Waals surface area contributed by atoms with Crippen molar-refractivity contribution in [3.05, 3.63) is 113 Å². The Morgan fingerprint density at radius 1 is 0.830 bits per heavy atom. The molecule has 2 aliphatic heterocycles. The number of hydrogen-bond acceptors (Lipinski definition) is 8. The first-order valence-corrected chi connectivity index (χ1v) is 17.6. The van der Waals surface area contributed by atoms with Crippen LogP contribution in [0.4, 0.5) is 27.1 Å². The second-order valence-corrected chi connectivity index (χ2v) is 14.5. The maximum Gasteiger partial charge on any atom is 0.241 e. The van der Waals surface area contributed by atoms with Crippen LogP contribution in [-0.4, -0.2) is 43.0 Å². The first kappa shape index (κ1) is 34.4. The number of nitrogens with zero attached hydrogens (tertiary/aromatic N) is 2. The van der Waals surface area contributed by atoms with Crippen molar-refractivity contribution in [1.29, 1.82) is 0 Å². The molecule has 3 fully saturated rings. The van der Waals surface area contributed by atoms with Crippen LogP contribution < -0.4 is 24.6 Å². The first-order valence-electron chi connectivity index (χ1n) is 17.3. The number of phenolic OH excluding ortho intramolecular Hbond substituents is 1. The number of carbonyl (C=O) groups is 4. The minimum atomic E-state index is -1.49. The van der Waals surface area contributed by atoms with Crippen molar-refractivity contribution in [3.8, 4) is 17.2 Å². The maximum absolute atomic E-state index is 14.7. The van der Waals surface area contributed by atoms with E-state index in [0.29, 0.717) is 17.0 Å². The summed E-state index contributed by atoms with van der Waals surface area (Å²) in [6, 6.07) is 23.3. The molecule has 8 rings (SSSR count). The van der Waals surface area contributed by atoms with E-state index in [0.717, 1.165) is 22.3 Å². The van der Waals surface area contributed by atoms with Gasteiger partial charge in [0.25, 0.3) is 0 Å². The Balaban J connectivity index is 1.22. The van der Waals surface area contributed by atoms with Crippen LogP contribution in [0.3, 0.4) is 0 Å². The average Bonchev–Trinajstić information content (AvgIpc) is 3.53. The number of fused-ring (bicyclic) bond motifs is 4. The van der Waals surface area contributed by atoms with E-state index < -0.39 is 58.5 Å². The SMILES string of the molecule is COc1cc(O)c([C@H]2C3=CC[C@@H]4C(=O)N(c5ccc(Nc6ccccc6)cc5)C(=O)[C@@H]4[C@@H]3C[C@H]3C(=O)N(c4ccc(F)c(Cl)c4)C(=O)[C@@]23C)c(OC)c1. The number of ether oxygens (including phenoxy) is 2. The lowest BCUT2D eigenvalue weighted by molar-refractivity contribution is -0.131. The van der Waals surface area contributed by atoms with Crippen LogP contribution in [0, 0.1) is 34.9 Å². The third-order valence-corrected chi connectivity index (χ3v) is 11.8. The number of hydrogen-bond donors (Lipinski definition) is 2. The van der Waals surface area contributed by atoms with Gasteiger partial charge in [0.1, 0.15) is 23.1 Å². The summed E-state index contributed by atoms with van der Waals surface area (Å²) in [7, 11) is 2.87. The second kappa shape index (κ2) is 12.8. The van der Waals surface area contributed by atoms with Crippen molar-refractivity contribution >= 4 is 58.0 Å². The fourth-order valence-electron chi connectivity index (χ4n) is 8.99. The number of anilines is 4. The molecule has 0 spiro atoms. The quantitative estimate of drug-likeness (QED) is 0.149. The minimum Gasteiger partial charge on any atom is -0.507 e. The highest BCUT2D eigenvalue weighted by Gasteiger charge is 2.68. The number of rotatable bonds is 7. The molecule has 270 valence electrons. The van der Waals surface area contributed by atoms with Gasteiger partial charge in [-0.25, -0.2) is 9.29 Å². The van der Waals surface area contributed by atoms with E-state index in [1.165, 1.54) is 37.3 Å². The van der Waals surface area contributed by atoms with Crippen LogP contribution in [0.15, 0.2) is 96.6 Å². The summed E-state index contributed by atoms with van der Waals surface area (Å²) >= 11 is 6.12. The predicted molar refractivity (Wildman–Crippen MR) is 196 cm³/mol. The Bertz CT molecular complexity index is 2230. The molecule has 53 heavy (non-hydrogen) atoms.